The van der Waals surface area contributed by atoms with E-state index in [1.54, 1.807) is 13.1 Å². The zero-order valence-corrected chi connectivity index (χ0v) is 7.86. The normalized spacial score (nSPS) is 15.5. The van der Waals surface area contributed by atoms with Crippen LogP contribution in [0.5, 0.6) is 0 Å². The van der Waals surface area contributed by atoms with E-state index in [9.17, 15) is 9.59 Å². The first kappa shape index (κ1) is 8.99. The fourth-order valence-corrected chi connectivity index (χ4v) is 1.60. The predicted molar refractivity (Wildman–Crippen MR) is 50.6 cm³/mol. The summed E-state index contributed by atoms with van der Waals surface area (Å²) in [6.07, 6.45) is 2.19. The second-order valence-corrected chi connectivity index (χ2v) is 3.62. The highest BCUT2D eigenvalue weighted by atomic mass is 16.4. The molecule has 0 unspecified atom stereocenters. The summed E-state index contributed by atoms with van der Waals surface area (Å²) in [5, 5.41) is 8.72. The van der Waals surface area contributed by atoms with Gasteiger partial charge in [0.1, 0.15) is 5.56 Å². The van der Waals surface area contributed by atoms with Crippen molar-refractivity contribution >= 4 is 5.97 Å². The van der Waals surface area contributed by atoms with Crippen LogP contribution in [-0.4, -0.2) is 15.6 Å². The van der Waals surface area contributed by atoms with Crippen molar-refractivity contribution in [2.45, 2.75) is 18.8 Å². The van der Waals surface area contributed by atoms with Crippen molar-refractivity contribution < 1.29 is 9.90 Å². The third-order valence-corrected chi connectivity index (χ3v) is 2.57. The molecule has 0 atom stereocenters. The van der Waals surface area contributed by atoms with Crippen LogP contribution in [0.4, 0.5) is 0 Å². The molecule has 14 heavy (non-hydrogen) atoms. The Morgan fingerprint density at radius 2 is 2.14 bits per heavy atom. The summed E-state index contributed by atoms with van der Waals surface area (Å²) in [4.78, 5) is 22.2. The first-order chi connectivity index (χ1) is 6.61. The molecule has 0 spiro atoms. The van der Waals surface area contributed by atoms with E-state index < -0.39 is 11.5 Å². The third-order valence-electron chi connectivity index (χ3n) is 2.57. The SMILES string of the molecule is Cn1c(C2CC2)ccc(C(=O)O)c1=O. The largest absolute Gasteiger partial charge is 0.477 e. The van der Waals surface area contributed by atoms with Gasteiger partial charge in [-0.25, -0.2) is 4.79 Å². The lowest BCUT2D eigenvalue weighted by Crippen LogP contribution is -2.26. The summed E-state index contributed by atoms with van der Waals surface area (Å²) < 4.78 is 1.45. The average Bonchev–Trinajstić information content (AvgIpc) is 2.92. The van der Waals surface area contributed by atoms with Crippen molar-refractivity contribution in [3.05, 3.63) is 33.7 Å². The minimum Gasteiger partial charge on any atom is -0.477 e. The summed E-state index contributed by atoms with van der Waals surface area (Å²) in [5.74, 6) is -0.705. The molecule has 2 rings (SSSR count). The van der Waals surface area contributed by atoms with Crippen LogP contribution in [0.1, 0.15) is 34.8 Å². The lowest BCUT2D eigenvalue weighted by molar-refractivity contribution is 0.0694. The molecule has 4 heteroatoms. The highest BCUT2D eigenvalue weighted by Crippen LogP contribution is 2.39. The van der Waals surface area contributed by atoms with Crippen LogP contribution >= 0.6 is 0 Å². The number of carboxylic acid groups (broad SMARTS) is 1. The maximum absolute atomic E-state index is 11.5. The Kier molecular flexibility index (Phi) is 1.91. The van der Waals surface area contributed by atoms with Crippen molar-refractivity contribution in [2.24, 2.45) is 7.05 Å². The molecule has 0 aliphatic heterocycles. The number of hydrogen-bond donors (Lipinski definition) is 1. The van der Waals surface area contributed by atoms with Gasteiger partial charge in [0.25, 0.3) is 5.56 Å². The number of rotatable bonds is 2. The number of aromatic nitrogens is 1. The van der Waals surface area contributed by atoms with Gasteiger partial charge in [-0.2, -0.15) is 0 Å². The topological polar surface area (TPSA) is 59.3 Å². The second-order valence-electron chi connectivity index (χ2n) is 3.62. The van der Waals surface area contributed by atoms with Crippen LogP contribution in [0.2, 0.25) is 0 Å². The maximum Gasteiger partial charge on any atom is 0.341 e. The van der Waals surface area contributed by atoms with Crippen LogP contribution in [0.3, 0.4) is 0 Å². The van der Waals surface area contributed by atoms with Gasteiger partial charge in [0.05, 0.1) is 0 Å². The molecule has 0 bridgehead atoms. The molecule has 1 N–H and O–H groups in total. The Balaban J connectivity index is 2.56. The molecule has 4 nitrogen and oxygen atoms in total. The monoisotopic (exact) mass is 193 g/mol. The van der Waals surface area contributed by atoms with Gasteiger partial charge < -0.3 is 9.67 Å². The Bertz CT molecular complexity index is 443. The molecule has 1 aromatic rings. The fraction of sp³-hybridized carbons (Fsp3) is 0.400. The number of pyridine rings is 1. The molecular weight excluding hydrogens is 182 g/mol. The van der Waals surface area contributed by atoms with Crippen molar-refractivity contribution in [1.29, 1.82) is 0 Å². The van der Waals surface area contributed by atoms with Crippen molar-refractivity contribution in [3.63, 3.8) is 0 Å². The van der Waals surface area contributed by atoms with E-state index in [4.69, 9.17) is 5.11 Å². The summed E-state index contributed by atoms with van der Waals surface area (Å²) in [7, 11) is 1.63. The molecule has 1 aromatic heterocycles. The third kappa shape index (κ3) is 1.32. The highest BCUT2D eigenvalue weighted by Gasteiger charge is 2.26. The fourth-order valence-electron chi connectivity index (χ4n) is 1.60. The molecule has 0 amide bonds. The van der Waals surface area contributed by atoms with Crippen molar-refractivity contribution in [3.8, 4) is 0 Å². The number of carbonyl (C=O) groups is 1. The summed E-state index contributed by atoms with van der Waals surface area (Å²) in [6.45, 7) is 0. The van der Waals surface area contributed by atoms with Gasteiger partial charge in [-0.3, -0.25) is 4.79 Å². The quantitative estimate of drug-likeness (QED) is 0.761. The molecule has 74 valence electrons. The predicted octanol–water partition coefficient (Wildman–Crippen LogP) is 0.961. The molecule has 0 radical (unpaired) electrons. The maximum atomic E-state index is 11.5. The van der Waals surface area contributed by atoms with Crippen LogP contribution < -0.4 is 5.56 Å². The molecular formula is C10H11NO3. The van der Waals surface area contributed by atoms with Gasteiger partial charge in [-0.05, 0) is 30.9 Å². The van der Waals surface area contributed by atoms with Gasteiger partial charge in [0.15, 0.2) is 0 Å². The summed E-state index contributed by atoms with van der Waals surface area (Å²) in [6, 6.07) is 3.14. The van der Waals surface area contributed by atoms with Gasteiger partial charge in [-0.1, -0.05) is 0 Å². The number of aromatic carboxylic acids is 1. The lowest BCUT2D eigenvalue weighted by Gasteiger charge is -2.06. The van der Waals surface area contributed by atoms with Gasteiger partial charge in [-0.15, -0.1) is 0 Å². The van der Waals surface area contributed by atoms with Gasteiger partial charge in [0, 0.05) is 12.7 Å². The van der Waals surface area contributed by atoms with Crippen LogP contribution in [0.15, 0.2) is 16.9 Å². The minimum atomic E-state index is -1.16. The summed E-state index contributed by atoms with van der Waals surface area (Å²) >= 11 is 0. The summed E-state index contributed by atoms with van der Waals surface area (Å²) in [5.41, 5.74) is 0.374. The Morgan fingerprint density at radius 3 is 2.64 bits per heavy atom. The van der Waals surface area contributed by atoms with Crippen molar-refractivity contribution in [1.82, 2.24) is 4.57 Å². The molecule has 1 saturated carbocycles. The number of nitrogens with zero attached hydrogens (tertiary/aromatic N) is 1. The molecule has 1 aliphatic rings. The van der Waals surface area contributed by atoms with Crippen LogP contribution in [0, 0.1) is 0 Å². The Morgan fingerprint density at radius 1 is 1.50 bits per heavy atom. The second kappa shape index (κ2) is 2.97. The van der Waals surface area contributed by atoms with E-state index in [2.05, 4.69) is 0 Å². The number of carboxylic acids is 1. The zero-order valence-electron chi connectivity index (χ0n) is 7.86. The molecule has 1 heterocycles. The van der Waals surface area contributed by atoms with Gasteiger partial charge in [0.2, 0.25) is 0 Å². The van der Waals surface area contributed by atoms with E-state index in [1.807, 2.05) is 0 Å². The zero-order chi connectivity index (χ0) is 10.3. The molecule has 1 fully saturated rings. The van der Waals surface area contributed by atoms with Crippen LogP contribution in [0.25, 0.3) is 0 Å². The first-order valence-corrected chi connectivity index (χ1v) is 4.54. The molecule has 0 saturated heterocycles. The standard InChI is InChI=1S/C10H11NO3/c1-11-8(6-2-3-6)5-4-7(9(11)12)10(13)14/h4-6H,2-3H2,1H3,(H,13,14). The Labute approximate surface area is 80.8 Å². The Hall–Kier alpha value is -1.58. The first-order valence-electron chi connectivity index (χ1n) is 4.54. The molecule has 0 aromatic carbocycles. The lowest BCUT2D eigenvalue weighted by atomic mass is 10.2. The van der Waals surface area contributed by atoms with E-state index in [-0.39, 0.29) is 5.56 Å². The smallest absolute Gasteiger partial charge is 0.341 e. The number of hydrogen-bond acceptors (Lipinski definition) is 2. The van der Waals surface area contributed by atoms with Crippen molar-refractivity contribution in [2.75, 3.05) is 0 Å². The van der Waals surface area contributed by atoms with Crippen LogP contribution in [-0.2, 0) is 7.05 Å². The van der Waals surface area contributed by atoms with Gasteiger partial charge >= 0.3 is 5.97 Å². The highest BCUT2D eigenvalue weighted by molar-refractivity contribution is 5.87. The minimum absolute atomic E-state index is 0.156. The molecule has 1 aliphatic carbocycles. The van der Waals surface area contributed by atoms with E-state index in [1.165, 1.54) is 10.6 Å². The van der Waals surface area contributed by atoms with E-state index in [0.29, 0.717) is 5.92 Å². The van der Waals surface area contributed by atoms with E-state index in [0.717, 1.165) is 18.5 Å². The average molecular weight is 193 g/mol. The van der Waals surface area contributed by atoms with E-state index >= 15 is 0 Å².